The molecule has 0 unspecified atom stereocenters. The maximum Gasteiger partial charge on any atom is 0.416 e. The molecule has 1 aliphatic heterocycles. The van der Waals surface area contributed by atoms with Gasteiger partial charge in [-0.1, -0.05) is 24.6 Å². The Labute approximate surface area is 303 Å². The second-order valence-electron chi connectivity index (χ2n) is 13.3. The molecule has 0 spiro atoms. The Balaban J connectivity index is 1.59. The number of fused-ring (bicyclic) bond motifs is 1. The molecule has 0 aromatic heterocycles. The molecule has 15 heteroatoms. The summed E-state index contributed by atoms with van der Waals surface area (Å²) in [6.45, 7) is 7.43. The molecule has 4 rings (SSSR count). The van der Waals surface area contributed by atoms with E-state index >= 15 is 0 Å². The van der Waals surface area contributed by atoms with Crippen molar-refractivity contribution < 1.29 is 45.8 Å². The third-order valence-electron chi connectivity index (χ3n) is 8.90. The number of rotatable bonds is 8. The summed E-state index contributed by atoms with van der Waals surface area (Å²) in [6, 6.07) is 13.8. The number of anilines is 2. The van der Waals surface area contributed by atoms with Crippen molar-refractivity contribution in [2.75, 3.05) is 43.4 Å². The molecule has 3 aromatic rings. The number of benzene rings is 3. The van der Waals surface area contributed by atoms with Crippen LogP contribution in [0.4, 0.5) is 29.3 Å². The van der Waals surface area contributed by atoms with E-state index in [4.69, 9.17) is 9.47 Å². The summed E-state index contributed by atoms with van der Waals surface area (Å²) in [5.74, 6) is -0.618. The fourth-order valence-electron chi connectivity index (χ4n) is 5.69. The van der Waals surface area contributed by atoms with Crippen molar-refractivity contribution in [1.29, 1.82) is 0 Å². The number of amides is 3. The first-order valence-electron chi connectivity index (χ1n) is 17.1. The van der Waals surface area contributed by atoms with Crippen molar-refractivity contribution in [3.8, 4) is 5.75 Å². The smallest absolute Gasteiger partial charge is 0.416 e. The van der Waals surface area contributed by atoms with Gasteiger partial charge in [-0.3, -0.25) is 9.52 Å². The molecule has 0 radical (unpaired) electrons. The van der Waals surface area contributed by atoms with Crippen LogP contribution in [0.3, 0.4) is 0 Å². The summed E-state index contributed by atoms with van der Waals surface area (Å²) in [4.78, 5) is 30.4. The highest BCUT2D eigenvalue weighted by atomic mass is 32.2. The number of nitrogens with zero attached hydrogens (tertiary/aromatic N) is 2. The van der Waals surface area contributed by atoms with Crippen molar-refractivity contribution in [2.24, 2.45) is 5.92 Å². The monoisotopic (exact) mass is 748 g/mol. The van der Waals surface area contributed by atoms with Crippen LogP contribution in [0.1, 0.15) is 61.5 Å². The molecular formula is C37H47F3N4O7S. The van der Waals surface area contributed by atoms with Crippen molar-refractivity contribution in [1.82, 2.24) is 9.80 Å². The van der Waals surface area contributed by atoms with E-state index in [1.165, 1.54) is 53.2 Å². The molecule has 4 atom stereocenters. The summed E-state index contributed by atoms with van der Waals surface area (Å²) < 4.78 is 80.5. The van der Waals surface area contributed by atoms with Gasteiger partial charge in [0.05, 0.1) is 40.9 Å². The van der Waals surface area contributed by atoms with E-state index in [2.05, 4.69) is 10.0 Å². The molecule has 0 saturated heterocycles. The van der Waals surface area contributed by atoms with Crippen LogP contribution in [0, 0.1) is 12.8 Å². The SMILES string of the molecule is Cc1ccc(S(=O)(=O)Nc2ccc3c(c2)C(=O)N([C@@H](C)CO)C[C@H](C)[C@H](CN(C)C(=O)Nc2ccc(C(F)(F)F)cc2)OCCCC[C@H](C)O3)cc1. The van der Waals surface area contributed by atoms with E-state index in [0.29, 0.717) is 19.4 Å². The molecule has 52 heavy (non-hydrogen) atoms. The number of aliphatic hydroxyl groups excluding tert-OH is 1. The number of carbonyl (C=O) groups excluding carboxylic acids is 2. The third kappa shape index (κ3) is 10.8. The predicted molar refractivity (Wildman–Crippen MR) is 192 cm³/mol. The number of carbonyl (C=O) groups is 2. The maximum atomic E-state index is 14.4. The number of hydrogen-bond donors (Lipinski definition) is 3. The van der Waals surface area contributed by atoms with E-state index in [-0.39, 0.29) is 59.3 Å². The number of halogens is 3. The van der Waals surface area contributed by atoms with Gasteiger partial charge in [0, 0.05) is 44.0 Å². The summed E-state index contributed by atoms with van der Waals surface area (Å²) >= 11 is 0. The minimum atomic E-state index is -4.50. The predicted octanol–water partition coefficient (Wildman–Crippen LogP) is 6.77. The second kappa shape index (κ2) is 17.5. The zero-order valence-electron chi connectivity index (χ0n) is 29.9. The number of likely N-dealkylation sites (N-methyl/N-ethyl adjacent to an activating group) is 1. The van der Waals surface area contributed by atoms with Crippen molar-refractivity contribution in [2.45, 2.75) is 76.3 Å². The first-order valence-corrected chi connectivity index (χ1v) is 18.6. The van der Waals surface area contributed by atoms with Crippen molar-refractivity contribution in [3.05, 3.63) is 83.4 Å². The van der Waals surface area contributed by atoms with Crippen molar-refractivity contribution >= 4 is 33.3 Å². The first-order chi connectivity index (χ1) is 24.5. The summed E-state index contributed by atoms with van der Waals surface area (Å²) in [5, 5.41) is 12.8. The lowest BCUT2D eigenvalue weighted by Crippen LogP contribution is -2.48. The number of hydrogen-bond acceptors (Lipinski definition) is 7. The fraction of sp³-hybridized carbons (Fsp3) is 0.459. The van der Waals surface area contributed by atoms with Gasteiger partial charge in [-0.05, 0) is 94.6 Å². The number of urea groups is 1. The molecule has 0 fully saturated rings. The molecule has 0 aliphatic carbocycles. The molecule has 1 heterocycles. The van der Waals surface area contributed by atoms with Gasteiger partial charge in [0.25, 0.3) is 15.9 Å². The van der Waals surface area contributed by atoms with Gasteiger partial charge in [-0.25, -0.2) is 13.2 Å². The third-order valence-corrected chi connectivity index (χ3v) is 10.3. The van der Waals surface area contributed by atoms with Gasteiger partial charge in [0.2, 0.25) is 0 Å². The van der Waals surface area contributed by atoms with Crippen LogP contribution in [0.2, 0.25) is 0 Å². The Hall–Kier alpha value is -4.34. The quantitative estimate of drug-likeness (QED) is 0.231. The molecule has 284 valence electrons. The van der Waals surface area contributed by atoms with Gasteiger partial charge in [-0.2, -0.15) is 13.2 Å². The van der Waals surface area contributed by atoms with Crippen LogP contribution in [0.5, 0.6) is 5.75 Å². The number of alkyl halides is 3. The van der Waals surface area contributed by atoms with Crippen LogP contribution >= 0.6 is 0 Å². The molecule has 3 N–H and O–H groups in total. The maximum absolute atomic E-state index is 14.4. The van der Waals surface area contributed by atoms with Gasteiger partial charge >= 0.3 is 12.2 Å². The standard InChI is InChI=1S/C37H47F3N4O7S/c1-24-9-16-31(17-10-24)52(48,49)42-30-15-18-33-32(20-30)35(46)44(26(3)23-45)21-25(2)34(50-19-7-6-8-27(4)51-33)22-43(5)36(47)41-29-13-11-28(12-14-29)37(38,39)40/h9-18,20,25-27,34,42,45H,6-8,19,21-23H2,1-5H3,(H,41,47)/t25-,26-,27-,34-/m0/s1. The average Bonchev–Trinajstić information content (AvgIpc) is 3.09. The zero-order valence-corrected chi connectivity index (χ0v) is 30.8. The van der Waals surface area contributed by atoms with Gasteiger partial charge in [0.1, 0.15) is 5.75 Å². The average molecular weight is 749 g/mol. The Bertz CT molecular complexity index is 1770. The number of ether oxygens (including phenoxy) is 2. The highest BCUT2D eigenvalue weighted by molar-refractivity contribution is 7.92. The van der Waals surface area contributed by atoms with Crippen LogP contribution in [0.25, 0.3) is 0 Å². The lowest BCUT2D eigenvalue weighted by Gasteiger charge is -2.35. The number of nitrogens with one attached hydrogen (secondary N) is 2. The van der Waals surface area contributed by atoms with Gasteiger partial charge in [0.15, 0.2) is 0 Å². The summed E-state index contributed by atoms with van der Waals surface area (Å²) in [7, 11) is -2.45. The van der Waals surface area contributed by atoms with Crippen LogP contribution in [-0.4, -0.2) is 86.9 Å². The van der Waals surface area contributed by atoms with E-state index in [1.807, 2.05) is 20.8 Å². The van der Waals surface area contributed by atoms with Crippen LogP contribution in [-0.2, 0) is 20.9 Å². The fourth-order valence-corrected chi connectivity index (χ4v) is 6.74. The Morgan fingerprint density at radius 3 is 2.33 bits per heavy atom. The van der Waals surface area contributed by atoms with Gasteiger partial charge < -0.3 is 29.7 Å². The largest absolute Gasteiger partial charge is 0.490 e. The molecule has 3 amide bonds. The molecule has 11 nitrogen and oxygen atoms in total. The van der Waals surface area contributed by atoms with Crippen molar-refractivity contribution in [3.63, 3.8) is 0 Å². The summed E-state index contributed by atoms with van der Waals surface area (Å²) in [5.41, 5.74) is 0.506. The number of aryl methyl sites for hydroxylation is 1. The van der Waals surface area contributed by atoms with E-state index in [1.54, 1.807) is 25.1 Å². The Morgan fingerprint density at radius 2 is 1.69 bits per heavy atom. The van der Waals surface area contributed by atoms with Crippen LogP contribution in [0.15, 0.2) is 71.6 Å². The highest BCUT2D eigenvalue weighted by Crippen LogP contribution is 2.31. The Kier molecular flexibility index (Phi) is 13.6. The zero-order chi connectivity index (χ0) is 38.2. The molecule has 1 aliphatic rings. The normalized spacial score (nSPS) is 19.8. The number of aliphatic hydroxyl groups is 1. The molecular weight excluding hydrogens is 701 g/mol. The molecule has 3 aromatic carbocycles. The summed E-state index contributed by atoms with van der Waals surface area (Å²) in [6.07, 6.45) is -3.34. The lowest BCUT2D eigenvalue weighted by molar-refractivity contribution is -0.137. The molecule has 0 saturated carbocycles. The topological polar surface area (TPSA) is 138 Å². The van der Waals surface area contributed by atoms with Gasteiger partial charge in [-0.15, -0.1) is 0 Å². The second-order valence-corrected chi connectivity index (χ2v) is 15.0. The molecule has 0 bridgehead atoms. The minimum Gasteiger partial charge on any atom is -0.490 e. The number of sulfonamides is 1. The Morgan fingerprint density at radius 1 is 1.04 bits per heavy atom. The first kappa shape index (κ1) is 40.4. The van der Waals surface area contributed by atoms with E-state index in [0.717, 1.165) is 24.1 Å². The van der Waals surface area contributed by atoms with E-state index < -0.39 is 45.8 Å². The minimum absolute atomic E-state index is 0.0581. The van der Waals surface area contributed by atoms with E-state index in [9.17, 15) is 36.3 Å². The van der Waals surface area contributed by atoms with Crippen LogP contribution < -0.4 is 14.8 Å². The lowest BCUT2D eigenvalue weighted by atomic mass is 10.0. The highest BCUT2D eigenvalue weighted by Gasteiger charge is 2.32.